The molecule has 1 aromatic heterocycles. The molecule has 5 aromatic rings. The van der Waals surface area contributed by atoms with E-state index in [1.54, 1.807) is 23.3 Å². The number of amides is 4. The summed E-state index contributed by atoms with van der Waals surface area (Å²) in [6, 6.07) is 35.0. The van der Waals surface area contributed by atoms with Crippen LogP contribution in [0.4, 0.5) is 0 Å². The number of aromatic nitrogens is 1. The minimum absolute atomic E-state index is 0.0176. The predicted molar refractivity (Wildman–Crippen MR) is 260 cm³/mol. The third kappa shape index (κ3) is 13.2. The lowest BCUT2D eigenvalue weighted by molar-refractivity contribution is -0.144. The van der Waals surface area contributed by atoms with E-state index < -0.39 is 35.4 Å². The standard InChI is InChI=1S/C53H63N5O7S/c1-7-44(38-14-10-8-11-15-38)48(39-16-12-9-13-17-39)40-22-24-43(25-23-40)65-31-28-57(6)47(61)27-30-64-29-26-46(60)56-50(53(3,4)5)52(63)58-34-42(59)32-45(58)51(62)54-33-37-18-20-41(21-19-37)49-36(2)55-35-66-49/h8-25,35,42,45,50,59H,7,26-34H2,1-6H3,(H,54,62)(H,56,60)/b48-44-/t42-,45+,50-/m1/s1. The predicted octanol–water partition coefficient (Wildman–Crippen LogP) is 7.93. The first-order valence-electron chi connectivity index (χ1n) is 22.7. The number of rotatable bonds is 20. The second-order valence-electron chi connectivity index (χ2n) is 17.7. The lowest BCUT2D eigenvalue weighted by atomic mass is 9.85. The average Bonchev–Trinajstić information content (AvgIpc) is 3.94. The van der Waals surface area contributed by atoms with E-state index in [2.05, 4.69) is 83.2 Å². The zero-order valence-electron chi connectivity index (χ0n) is 38.9. The van der Waals surface area contributed by atoms with Gasteiger partial charge in [0.15, 0.2) is 0 Å². The van der Waals surface area contributed by atoms with Gasteiger partial charge in [0.25, 0.3) is 0 Å². The minimum Gasteiger partial charge on any atom is -0.492 e. The van der Waals surface area contributed by atoms with Crippen molar-refractivity contribution in [1.82, 2.24) is 25.4 Å². The van der Waals surface area contributed by atoms with Gasteiger partial charge in [-0.25, -0.2) is 4.98 Å². The van der Waals surface area contributed by atoms with Gasteiger partial charge in [-0.3, -0.25) is 19.2 Å². The van der Waals surface area contributed by atoms with Crippen molar-refractivity contribution in [2.75, 3.05) is 40.0 Å². The highest BCUT2D eigenvalue weighted by atomic mass is 32.1. The number of hydrogen-bond donors (Lipinski definition) is 3. The van der Waals surface area contributed by atoms with Crippen LogP contribution in [0.1, 0.15) is 81.3 Å². The maximum absolute atomic E-state index is 14.0. The number of carbonyl (C=O) groups is 4. The molecule has 0 bridgehead atoms. The van der Waals surface area contributed by atoms with Crippen molar-refractivity contribution in [1.29, 1.82) is 0 Å². The zero-order valence-corrected chi connectivity index (χ0v) is 39.7. The maximum Gasteiger partial charge on any atom is 0.246 e. The number of carbonyl (C=O) groups excluding carboxylic acids is 4. The Bertz CT molecular complexity index is 2410. The summed E-state index contributed by atoms with van der Waals surface area (Å²) in [5.41, 5.74) is 9.90. The molecule has 1 saturated heterocycles. The molecule has 66 heavy (non-hydrogen) atoms. The van der Waals surface area contributed by atoms with Crippen LogP contribution in [0.15, 0.2) is 115 Å². The number of aliphatic hydroxyl groups excluding tert-OH is 1. The molecular formula is C53H63N5O7S. The fraction of sp³-hybridized carbons (Fsp3) is 0.377. The molecule has 4 aromatic carbocycles. The molecule has 3 atom stereocenters. The highest BCUT2D eigenvalue weighted by molar-refractivity contribution is 7.13. The number of benzene rings is 4. The van der Waals surface area contributed by atoms with Crippen LogP contribution in [0.3, 0.4) is 0 Å². The molecule has 0 spiro atoms. The Balaban J connectivity index is 0.920. The van der Waals surface area contributed by atoms with E-state index in [0.29, 0.717) is 18.9 Å². The largest absolute Gasteiger partial charge is 0.492 e. The number of aryl methyl sites for hydroxylation is 1. The highest BCUT2D eigenvalue weighted by Gasteiger charge is 2.44. The first-order chi connectivity index (χ1) is 31.7. The molecule has 2 heterocycles. The molecule has 3 N–H and O–H groups in total. The van der Waals surface area contributed by atoms with E-state index in [1.807, 2.05) is 81.7 Å². The zero-order chi connectivity index (χ0) is 47.2. The van der Waals surface area contributed by atoms with E-state index in [9.17, 15) is 24.3 Å². The first-order valence-corrected chi connectivity index (χ1v) is 23.5. The Kier molecular flexibility index (Phi) is 17.4. The Morgan fingerprint density at radius 1 is 0.864 bits per heavy atom. The third-order valence-electron chi connectivity index (χ3n) is 11.7. The SMILES string of the molecule is CC/C(=C(\c1ccccc1)c1ccc(OCCN(C)C(=O)CCOCCC(=O)N[C@H](C(=O)N2C[C@H](O)C[C@H]2C(=O)NCc2ccc(-c3scnc3C)cc2)C(C)(C)C)cc1)c1ccccc1. The summed E-state index contributed by atoms with van der Waals surface area (Å²) in [6.45, 7) is 10.8. The van der Waals surface area contributed by atoms with Crippen LogP contribution in [-0.2, 0) is 30.5 Å². The minimum atomic E-state index is -0.958. The summed E-state index contributed by atoms with van der Waals surface area (Å²) in [7, 11) is 1.72. The molecule has 4 amide bonds. The van der Waals surface area contributed by atoms with Crippen molar-refractivity contribution in [2.24, 2.45) is 5.41 Å². The van der Waals surface area contributed by atoms with Gasteiger partial charge in [0.05, 0.1) is 48.4 Å². The third-order valence-corrected chi connectivity index (χ3v) is 12.7. The summed E-state index contributed by atoms with van der Waals surface area (Å²) in [5, 5.41) is 16.4. The maximum atomic E-state index is 14.0. The second kappa shape index (κ2) is 23.3. The number of hydrogen-bond acceptors (Lipinski definition) is 9. The van der Waals surface area contributed by atoms with Crippen LogP contribution in [0, 0.1) is 12.3 Å². The first kappa shape index (κ1) is 49.3. The molecule has 6 rings (SSSR count). The van der Waals surface area contributed by atoms with Crippen molar-refractivity contribution in [3.63, 3.8) is 0 Å². The monoisotopic (exact) mass is 913 g/mol. The number of likely N-dealkylation sites (N-methyl/N-ethyl adjacent to an activating group) is 1. The molecule has 1 fully saturated rings. The van der Waals surface area contributed by atoms with Gasteiger partial charge in [-0.15, -0.1) is 11.3 Å². The van der Waals surface area contributed by atoms with E-state index in [-0.39, 0.29) is 57.4 Å². The topological polar surface area (TPSA) is 150 Å². The van der Waals surface area contributed by atoms with Crippen molar-refractivity contribution < 1.29 is 33.8 Å². The molecule has 1 aliphatic heterocycles. The molecule has 348 valence electrons. The number of ether oxygens (including phenoxy) is 2. The smallest absolute Gasteiger partial charge is 0.246 e. The van der Waals surface area contributed by atoms with E-state index >= 15 is 0 Å². The summed E-state index contributed by atoms with van der Waals surface area (Å²) < 4.78 is 11.7. The normalized spacial score (nSPS) is 15.7. The molecule has 12 nitrogen and oxygen atoms in total. The molecule has 0 radical (unpaired) electrons. The van der Waals surface area contributed by atoms with Crippen LogP contribution in [0.25, 0.3) is 21.6 Å². The lowest BCUT2D eigenvalue weighted by Gasteiger charge is -2.35. The van der Waals surface area contributed by atoms with Crippen molar-refractivity contribution >= 4 is 46.1 Å². The Labute approximate surface area is 393 Å². The second-order valence-corrected chi connectivity index (χ2v) is 18.5. The summed E-state index contributed by atoms with van der Waals surface area (Å²) in [5.74, 6) is -0.617. The number of allylic oxidation sites excluding steroid dienone is 1. The molecule has 0 saturated carbocycles. The van der Waals surface area contributed by atoms with Crippen LogP contribution in [0.2, 0.25) is 0 Å². The Hall–Kier alpha value is -6.15. The molecule has 0 unspecified atom stereocenters. The Morgan fingerprint density at radius 2 is 1.50 bits per heavy atom. The lowest BCUT2D eigenvalue weighted by Crippen LogP contribution is -2.57. The van der Waals surface area contributed by atoms with Crippen LogP contribution in [-0.4, -0.2) is 102 Å². The van der Waals surface area contributed by atoms with Crippen LogP contribution in [0.5, 0.6) is 5.75 Å². The fourth-order valence-corrected chi connectivity index (χ4v) is 8.87. The van der Waals surface area contributed by atoms with E-state index in [4.69, 9.17) is 9.47 Å². The average molecular weight is 914 g/mol. The number of nitrogens with zero attached hydrogens (tertiary/aromatic N) is 3. The van der Waals surface area contributed by atoms with Gasteiger partial charge < -0.3 is 35.0 Å². The van der Waals surface area contributed by atoms with Gasteiger partial charge in [0.1, 0.15) is 24.4 Å². The van der Waals surface area contributed by atoms with Gasteiger partial charge in [-0.05, 0) is 69.9 Å². The summed E-state index contributed by atoms with van der Waals surface area (Å²) in [6.07, 6.45) is 0.193. The van der Waals surface area contributed by atoms with Gasteiger partial charge >= 0.3 is 0 Å². The molecule has 0 aliphatic carbocycles. The van der Waals surface area contributed by atoms with Gasteiger partial charge in [0.2, 0.25) is 23.6 Å². The quantitative estimate of drug-likeness (QED) is 0.0527. The summed E-state index contributed by atoms with van der Waals surface area (Å²) >= 11 is 1.57. The summed E-state index contributed by atoms with van der Waals surface area (Å²) in [4.78, 5) is 61.9. The van der Waals surface area contributed by atoms with Crippen molar-refractivity contribution in [2.45, 2.75) is 85.0 Å². The fourth-order valence-electron chi connectivity index (χ4n) is 8.06. The van der Waals surface area contributed by atoms with Gasteiger partial charge in [-0.2, -0.15) is 0 Å². The number of thiazole rings is 1. The van der Waals surface area contributed by atoms with Gasteiger partial charge in [0, 0.05) is 33.0 Å². The number of aliphatic hydroxyl groups is 1. The molecule has 1 aliphatic rings. The Morgan fingerprint density at radius 3 is 2.12 bits per heavy atom. The van der Waals surface area contributed by atoms with E-state index in [0.717, 1.165) is 39.2 Å². The van der Waals surface area contributed by atoms with E-state index in [1.165, 1.54) is 21.6 Å². The highest BCUT2D eigenvalue weighted by Crippen LogP contribution is 2.35. The number of β-amino-alcohol motifs (C(OH)–C–C–N with tert-alkyl or cyclic N) is 1. The van der Waals surface area contributed by atoms with Crippen molar-refractivity contribution in [3.05, 3.63) is 143 Å². The molecule has 13 heteroatoms. The van der Waals surface area contributed by atoms with Crippen LogP contribution >= 0.6 is 11.3 Å². The number of likely N-dealkylation sites (tertiary alicyclic amines) is 1. The molecular weight excluding hydrogens is 851 g/mol. The van der Waals surface area contributed by atoms with Gasteiger partial charge in [-0.1, -0.05) is 125 Å². The van der Waals surface area contributed by atoms with Crippen molar-refractivity contribution in [3.8, 4) is 16.2 Å². The number of nitrogens with one attached hydrogen (secondary N) is 2. The van der Waals surface area contributed by atoms with Crippen LogP contribution < -0.4 is 15.4 Å².